The van der Waals surface area contributed by atoms with Crippen LogP contribution in [0, 0.1) is 0 Å². The van der Waals surface area contributed by atoms with Gasteiger partial charge in [0, 0.05) is 34.9 Å². The number of thiophene rings is 1. The first kappa shape index (κ1) is 12.8. The molecule has 19 heavy (non-hydrogen) atoms. The highest BCUT2D eigenvalue weighted by Crippen LogP contribution is 2.22. The van der Waals surface area contributed by atoms with E-state index >= 15 is 0 Å². The minimum absolute atomic E-state index is 0.783. The van der Waals surface area contributed by atoms with Gasteiger partial charge in [0.05, 0.1) is 11.2 Å². The second-order valence-corrected chi connectivity index (χ2v) is 6.24. The smallest absolute Gasteiger partial charge is 0.0841 e. The Labute approximate surface area is 124 Å². The van der Waals surface area contributed by atoms with Gasteiger partial charge in [0.1, 0.15) is 0 Å². The topological polar surface area (TPSA) is 29.9 Å². The van der Waals surface area contributed by atoms with E-state index in [4.69, 9.17) is 0 Å². The third-order valence-corrected chi connectivity index (χ3v) is 5.03. The van der Waals surface area contributed by atoms with Crippen LogP contribution in [0.2, 0.25) is 0 Å². The van der Waals surface area contributed by atoms with Gasteiger partial charge in [-0.2, -0.15) is 5.10 Å². The van der Waals surface area contributed by atoms with Gasteiger partial charge >= 0.3 is 0 Å². The van der Waals surface area contributed by atoms with Crippen molar-refractivity contribution < 1.29 is 0 Å². The molecule has 0 unspecified atom stereocenters. The molecule has 0 bridgehead atoms. The zero-order valence-corrected chi connectivity index (χ0v) is 13.0. The molecule has 2 aromatic heterocycles. The van der Waals surface area contributed by atoms with E-state index in [1.807, 2.05) is 17.8 Å². The van der Waals surface area contributed by atoms with E-state index in [-0.39, 0.29) is 0 Å². The van der Waals surface area contributed by atoms with E-state index in [9.17, 15) is 0 Å². The summed E-state index contributed by atoms with van der Waals surface area (Å²) in [6.07, 6.45) is 0. The van der Waals surface area contributed by atoms with Crippen LogP contribution >= 0.6 is 27.3 Å². The van der Waals surface area contributed by atoms with Crippen molar-refractivity contribution in [2.24, 2.45) is 7.05 Å². The van der Waals surface area contributed by atoms with Gasteiger partial charge in [0.2, 0.25) is 0 Å². The van der Waals surface area contributed by atoms with Crippen molar-refractivity contribution >= 4 is 38.2 Å². The molecule has 5 heteroatoms. The molecular formula is C14H14BrN3S. The Kier molecular flexibility index (Phi) is 3.68. The third kappa shape index (κ3) is 2.59. The first-order valence-corrected chi connectivity index (χ1v) is 7.76. The second kappa shape index (κ2) is 5.45. The molecule has 0 atom stereocenters. The Hall–Kier alpha value is -1.17. The summed E-state index contributed by atoms with van der Waals surface area (Å²) in [6, 6.07) is 10.4. The number of aryl methyl sites for hydroxylation is 1. The van der Waals surface area contributed by atoms with Crippen LogP contribution in [-0.4, -0.2) is 9.78 Å². The zero-order chi connectivity index (χ0) is 13.2. The molecule has 0 aliphatic carbocycles. The van der Waals surface area contributed by atoms with E-state index in [2.05, 4.69) is 56.0 Å². The molecule has 1 aromatic carbocycles. The van der Waals surface area contributed by atoms with Gasteiger partial charge in [-0.3, -0.25) is 4.68 Å². The summed E-state index contributed by atoms with van der Waals surface area (Å²) in [7, 11) is 1.99. The lowest BCUT2D eigenvalue weighted by Crippen LogP contribution is -2.12. The highest BCUT2D eigenvalue weighted by molar-refractivity contribution is 9.10. The average molecular weight is 336 g/mol. The zero-order valence-electron chi connectivity index (χ0n) is 10.6. The third-order valence-electron chi connectivity index (χ3n) is 3.10. The van der Waals surface area contributed by atoms with Crippen LogP contribution in [0.4, 0.5) is 0 Å². The minimum Gasteiger partial charge on any atom is -0.306 e. The predicted octanol–water partition coefficient (Wildman–Crippen LogP) is 3.69. The van der Waals surface area contributed by atoms with Crippen LogP contribution in [0.3, 0.4) is 0 Å². The number of aromatic nitrogens is 2. The number of halogens is 1. The molecule has 0 saturated carbocycles. The molecule has 3 rings (SSSR count). The largest absolute Gasteiger partial charge is 0.306 e. The van der Waals surface area contributed by atoms with Gasteiger partial charge in [-0.25, -0.2) is 0 Å². The fourth-order valence-electron chi connectivity index (χ4n) is 2.16. The lowest BCUT2D eigenvalue weighted by atomic mass is 10.2. The highest BCUT2D eigenvalue weighted by Gasteiger charge is 2.07. The molecule has 0 fully saturated rings. The van der Waals surface area contributed by atoms with E-state index in [1.54, 1.807) is 11.3 Å². The Balaban J connectivity index is 1.74. The number of hydrogen-bond acceptors (Lipinski definition) is 3. The number of benzene rings is 1. The maximum Gasteiger partial charge on any atom is 0.0841 e. The molecule has 2 heterocycles. The Morgan fingerprint density at radius 3 is 2.89 bits per heavy atom. The van der Waals surface area contributed by atoms with Gasteiger partial charge in [-0.15, -0.1) is 11.3 Å². The Morgan fingerprint density at radius 2 is 2.11 bits per heavy atom. The highest BCUT2D eigenvalue weighted by atomic mass is 79.9. The molecule has 0 aliphatic heterocycles. The van der Waals surface area contributed by atoms with Crippen molar-refractivity contribution in [3.8, 4) is 0 Å². The molecule has 0 saturated heterocycles. The van der Waals surface area contributed by atoms with Crippen LogP contribution in [0.1, 0.15) is 10.6 Å². The summed E-state index contributed by atoms with van der Waals surface area (Å²) in [5.74, 6) is 0. The van der Waals surface area contributed by atoms with Crippen LogP contribution in [0.5, 0.6) is 0 Å². The molecule has 3 aromatic rings. The standard InChI is InChI=1S/C14H14BrN3S/c1-18-13-5-3-2-4-10(13)12(17-18)8-16-9-14-11(15)6-7-19-14/h2-7,16H,8-9H2,1H3. The first-order chi connectivity index (χ1) is 9.25. The summed E-state index contributed by atoms with van der Waals surface area (Å²) in [5, 5.41) is 11.4. The van der Waals surface area contributed by atoms with Crippen molar-refractivity contribution in [3.05, 3.63) is 50.8 Å². The fourth-order valence-corrected chi connectivity index (χ4v) is 3.63. The number of fused-ring (bicyclic) bond motifs is 1. The van der Waals surface area contributed by atoms with Crippen molar-refractivity contribution in [2.45, 2.75) is 13.1 Å². The number of nitrogens with zero attached hydrogens (tertiary/aromatic N) is 2. The Bertz CT molecular complexity index is 702. The summed E-state index contributed by atoms with van der Waals surface area (Å²) in [4.78, 5) is 1.32. The number of para-hydroxylation sites is 1. The molecular weight excluding hydrogens is 322 g/mol. The molecule has 0 aliphatic rings. The van der Waals surface area contributed by atoms with E-state index < -0.39 is 0 Å². The van der Waals surface area contributed by atoms with Crippen LogP contribution in [-0.2, 0) is 20.1 Å². The summed E-state index contributed by atoms with van der Waals surface area (Å²) < 4.78 is 3.11. The quantitative estimate of drug-likeness (QED) is 0.788. The maximum absolute atomic E-state index is 4.58. The van der Waals surface area contributed by atoms with Crippen LogP contribution in [0.15, 0.2) is 40.2 Å². The Morgan fingerprint density at radius 1 is 1.26 bits per heavy atom. The maximum atomic E-state index is 4.58. The number of nitrogens with one attached hydrogen (secondary N) is 1. The normalized spacial score (nSPS) is 11.3. The molecule has 98 valence electrons. The van der Waals surface area contributed by atoms with E-state index in [1.165, 1.54) is 20.3 Å². The monoisotopic (exact) mass is 335 g/mol. The van der Waals surface area contributed by atoms with Gasteiger partial charge in [0.15, 0.2) is 0 Å². The minimum atomic E-state index is 0.783. The lowest BCUT2D eigenvalue weighted by Gasteiger charge is -2.01. The van der Waals surface area contributed by atoms with Gasteiger partial charge < -0.3 is 5.32 Å². The van der Waals surface area contributed by atoms with Crippen molar-refractivity contribution in [3.63, 3.8) is 0 Å². The molecule has 0 spiro atoms. The summed E-state index contributed by atoms with van der Waals surface area (Å²) in [5.41, 5.74) is 2.28. The van der Waals surface area contributed by atoms with Crippen molar-refractivity contribution in [1.29, 1.82) is 0 Å². The van der Waals surface area contributed by atoms with E-state index in [0.717, 1.165) is 18.8 Å². The first-order valence-electron chi connectivity index (χ1n) is 6.09. The predicted molar refractivity (Wildman–Crippen MR) is 83.3 cm³/mol. The molecule has 0 amide bonds. The second-order valence-electron chi connectivity index (χ2n) is 4.38. The number of hydrogen-bond donors (Lipinski definition) is 1. The number of rotatable bonds is 4. The molecule has 1 N–H and O–H groups in total. The average Bonchev–Trinajstić information content (AvgIpc) is 2.96. The van der Waals surface area contributed by atoms with Crippen LogP contribution < -0.4 is 5.32 Å². The summed E-state index contributed by atoms with van der Waals surface area (Å²) in [6.45, 7) is 1.65. The van der Waals surface area contributed by atoms with E-state index in [0.29, 0.717) is 0 Å². The van der Waals surface area contributed by atoms with Gasteiger partial charge in [-0.1, -0.05) is 18.2 Å². The van der Waals surface area contributed by atoms with Gasteiger partial charge in [0.25, 0.3) is 0 Å². The van der Waals surface area contributed by atoms with Crippen LogP contribution in [0.25, 0.3) is 10.9 Å². The lowest BCUT2D eigenvalue weighted by molar-refractivity contribution is 0.666. The van der Waals surface area contributed by atoms with Crippen molar-refractivity contribution in [2.75, 3.05) is 0 Å². The SMILES string of the molecule is Cn1nc(CNCc2sccc2Br)c2ccccc21. The van der Waals surface area contributed by atoms with Crippen molar-refractivity contribution in [1.82, 2.24) is 15.1 Å². The molecule has 0 radical (unpaired) electrons. The molecule has 3 nitrogen and oxygen atoms in total. The fraction of sp³-hybridized carbons (Fsp3) is 0.214. The summed E-state index contributed by atoms with van der Waals surface area (Å²) >= 11 is 5.31. The van der Waals surface area contributed by atoms with Gasteiger partial charge in [-0.05, 0) is 33.4 Å².